The Kier molecular flexibility index (Phi) is 3.67. The van der Waals surface area contributed by atoms with E-state index in [-0.39, 0.29) is 6.61 Å². The van der Waals surface area contributed by atoms with Gasteiger partial charge in [-0.2, -0.15) is 0 Å². The molecule has 2 rings (SSSR count). The summed E-state index contributed by atoms with van der Waals surface area (Å²) in [6.07, 6.45) is 0.789. The van der Waals surface area contributed by atoms with E-state index in [1.54, 1.807) is 0 Å². The lowest BCUT2D eigenvalue weighted by Gasteiger charge is -2.16. The van der Waals surface area contributed by atoms with Crippen LogP contribution >= 0.6 is 7.60 Å². The van der Waals surface area contributed by atoms with Gasteiger partial charge in [0.1, 0.15) is 18.4 Å². The van der Waals surface area contributed by atoms with Gasteiger partial charge in [0.25, 0.3) is 0 Å². The summed E-state index contributed by atoms with van der Waals surface area (Å²) < 4.78 is 15.5. The van der Waals surface area contributed by atoms with E-state index in [0.29, 0.717) is 30.5 Å². The number of hydrogen-bond acceptors (Lipinski definition) is 7. The van der Waals surface area contributed by atoms with Crippen molar-refractivity contribution in [1.82, 2.24) is 9.97 Å². The molecule has 0 aliphatic carbocycles. The molecule has 1 aliphatic heterocycles. The number of anilines is 3. The van der Waals surface area contributed by atoms with Crippen molar-refractivity contribution in [3.8, 4) is 0 Å². The van der Waals surface area contributed by atoms with Gasteiger partial charge in [0.15, 0.2) is 11.6 Å². The highest BCUT2D eigenvalue weighted by atomic mass is 31.2. The SMILES string of the molecule is Nc1ncnc2c1NCN2CCOCP(=O)(O)O. The van der Waals surface area contributed by atoms with Gasteiger partial charge in [-0.1, -0.05) is 0 Å². The van der Waals surface area contributed by atoms with Crippen molar-refractivity contribution in [3.05, 3.63) is 6.33 Å². The molecule has 0 amide bonds. The number of nitrogens with zero attached hydrogens (tertiary/aromatic N) is 3. The Labute approximate surface area is 103 Å². The van der Waals surface area contributed by atoms with Crippen molar-refractivity contribution >= 4 is 24.9 Å². The standard InChI is InChI=1S/C8H14N5O4P/c9-7-6-8(11-3-10-7)13(4-12-6)1-2-17-5-18(14,15)16/h3,12H,1-2,4-5H2,(H2,9,10,11)(H2,14,15,16). The number of nitrogen functional groups attached to an aromatic ring is 1. The predicted molar refractivity (Wildman–Crippen MR) is 65.1 cm³/mol. The first-order valence-electron chi connectivity index (χ1n) is 5.19. The van der Waals surface area contributed by atoms with Crippen LogP contribution in [0.4, 0.5) is 17.3 Å². The number of nitrogens with one attached hydrogen (secondary N) is 1. The smallest absolute Gasteiger partial charge is 0.350 e. The lowest BCUT2D eigenvalue weighted by molar-refractivity contribution is 0.163. The minimum atomic E-state index is -4.10. The Morgan fingerprint density at radius 2 is 2.33 bits per heavy atom. The summed E-state index contributed by atoms with van der Waals surface area (Å²) >= 11 is 0. The van der Waals surface area contributed by atoms with Gasteiger partial charge in [0.2, 0.25) is 0 Å². The van der Waals surface area contributed by atoms with Gasteiger partial charge < -0.3 is 30.5 Å². The van der Waals surface area contributed by atoms with Gasteiger partial charge in [0, 0.05) is 6.54 Å². The summed E-state index contributed by atoms with van der Waals surface area (Å²) in [6, 6.07) is 0. The maximum atomic E-state index is 10.6. The molecule has 18 heavy (non-hydrogen) atoms. The largest absolute Gasteiger partial charge is 0.382 e. The minimum absolute atomic E-state index is 0.191. The fourth-order valence-corrected chi connectivity index (χ4v) is 1.96. The van der Waals surface area contributed by atoms with Crippen LogP contribution < -0.4 is 16.0 Å². The second kappa shape index (κ2) is 5.07. The first-order chi connectivity index (χ1) is 8.47. The van der Waals surface area contributed by atoms with Gasteiger partial charge >= 0.3 is 7.60 Å². The van der Waals surface area contributed by atoms with Crippen LogP contribution in [0.2, 0.25) is 0 Å². The summed E-state index contributed by atoms with van der Waals surface area (Å²) in [5.41, 5.74) is 6.35. The number of aromatic nitrogens is 2. The van der Waals surface area contributed by atoms with Crippen LogP contribution in [0.15, 0.2) is 6.33 Å². The highest BCUT2D eigenvalue weighted by Crippen LogP contribution is 2.34. The summed E-state index contributed by atoms with van der Waals surface area (Å²) in [5.74, 6) is 1.04. The summed E-state index contributed by atoms with van der Waals surface area (Å²) in [6.45, 7) is 1.16. The molecule has 0 aromatic carbocycles. The molecule has 1 aromatic rings. The van der Waals surface area contributed by atoms with Gasteiger partial charge in [-0.3, -0.25) is 4.57 Å². The van der Waals surface area contributed by atoms with E-state index >= 15 is 0 Å². The minimum Gasteiger partial charge on any atom is -0.382 e. The molecule has 0 bridgehead atoms. The summed E-state index contributed by atoms with van der Waals surface area (Å²) in [5, 5.41) is 3.04. The Morgan fingerprint density at radius 3 is 3.06 bits per heavy atom. The van der Waals surface area contributed by atoms with Crippen molar-refractivity contribution in [2.24, 2.45) is 0 Å². The molecular formula is C8H14N5O4P. The zero-order chi connectivity index (χ0) is 13.2. The molecule has 0 atom stereocenters. The van der Waals surface area contributed by atoms with Crippen molar-refractivity contribution in [2.45, 2.75) is 0 Å². The zero-order valence-electron chi connectivity index (χ0n) is 9.48. The highest BCUT2D eigenvalue weighted by Gasteiger charge is 2.22. The second-order valence-electron chi connectivity index (χ2n) is 3.76. The zero-order valence-corrected chi connectivity index (χ0v) is 10.4. The molecule has 0 fully saturated rings. The number of rotatable bonds is 5. The van der Waals surface area contributed by atoms with E-state index in [1.165, 1.54) is 6.33 Å². The molecule has 2 heterocycles. The van der Waals surface area contributed by atoms with Crippen LogP contribution in [0.1, 0.15) is 0 Å². The summed E-state index contributed by atoms with van der Waals surface area (Å²) in [7, 11) is -4.10. The monoisotopic (exact) mass is 275 g/mol. The maximum absolute atomic E-state index is 10.6. The molecule has 1 aliphatic rings. The van der Waals surface area contributed by atoms with Gasteiger partial charge in [0.05, 0.1) is 13.3 Å². The molecule has 0 unspecified atom stereocenters. The molecule has 0 spiro atoms. The van der Waals surface area contributed by atoms with E-state index in [0.717, 1.165) is 0 Å². The molecule has 10 heteroatoms. The van der Waals surface area contributed by atoms with Gasteiger partial charge in [-0.05, 0) is 0 Å². The van der Waals surface area contributed by atoms with Crippen molar-refractivity contribution < 1.29 is 19.1 Å². The Morgan fingerprint density at radius 1 is 1.56 bits per heavy atom. The molecular weight excluding hydrogens is 261 g/mol. The normalized spacial score (nSPS) is 14.4. The quantitative estimate of drug-likeness (QED) is 0.410. The van der Waals surface area contributed by atoms with Crippen molar-refractivity contribution in [3.63, 3.8) is 0 Å². The third-order valence-corrected chi connectivity index (χ3v) is 2.89. The van der Waals surface area contributed by atoms with Crippen LogP contribution in [-0.4, -0.2) is 45.9 Å². The Balaban J connectivity index is 1.87. The van der Waals surface area contributed by atoms with Crippen LogP contribution in [-0.2, 0) is 9.30 Å². The van der Waals surface area contributed by atoms with Crippen LogP contribution in [0, 0.1) is 0 Å². The third-order valence-electron chi connectivity index (χ3n) is 2.37. The van der Waals surface area contributed by atoms with Crippen LogP contribution in [0.3, 0.4) is 0 Å². The molecule has 0 saturated carbocycles. The fourth-order valence-electron chi connectivity index (χ4n) is 1.59. The average molecular weight is 275 g/mol. The third kappa shape index (κ3) is 3.08. The van der Waals surface area contributed by atoms with Crippen LogP contribution in [0.25, 0.3) is 0 Å². The molecule has 0 saturated heterocycles. The van der Waals surface area contributed by atoms with E-state index in [4.69, 9.17) is 20.3 Å². The first kappa shape index (κ1) is 13.0. The number of hydrogen-bond donors (Lipinski definition) is 4. The van der Waals surface area contributed by atoms with E-state index in [2.05, 4.69) is 15.3 Å². The van der Waals surface area contributed by atoms with E-state index in [1.807, 2.05) is 4.90 Å². The lowest BCUT2D eigenvalue weighted by atomic mass is 10.4. The maximum Gasteiger partial charge on any atom is 0.350 e. The van der Waals surface area contributed by atoms with E-state index < -0.39 is 13.9 Å². The molecule has 100 valence electrons. The number of nitrogens with two attached hydrogens (primary N) is 1. The van der Waals surface area contributed by atoms with Crippen molar-refractivity contribution in [2.75, 3.05) is 42.1 Å². The van der Waals surface area contributed by atoms with E-state index in [9.17, 15) is 4.57 Å². The van der Waals surface area contributed by atoms with Gasteiger partial charge in [-0.15, -0.1) is 0 Å². The fraction of sp³-hybridized carbons (Fsp3) is 0.500. The number of ether oxygens (including phenoxy) is 1. The molecule has 0 radical (unpaired) electrons. The Bertz CT molecular complexity index is 479. The van der Waals surface area contributed by atoms with Gasteiger partial charge in [-0.25, -0.2) is 9.97 Å². The lowest BCUT2D eigenvalue weighted by Crippen LogP contribution is -2.27. The number of fused-ring (bicyclic) bond motifs is 1. The highest BCUT2D eigenvalue weighted by molar-refractivity contribution is 7.51. The Hall–Kier alpha value is -1.41. The first-order valence-corrected chi connectivity index (χ1v) is 6.99. The molecule has 9 nitrogen and oxygen atoms in total. The molecule has 5 N–H and O–H groups in total. The average Bonchev–Trinajstić information content (AvgIpc) is 2.68. The molecule has 1 aromatic heterocycles. The topological polar surface area (TPSA) is 134 Å². The predicted octanol–water partition coefficient (Wildman–Crippen LogP) is -0.600. The van der Waals surface area contributed by atoms with Crippen LogP contribution in [0.5, 0.6) is 0 Å². The second-order valence-corrected chi connectivity index (χ2v) is 5.35. The summed E-state index contributed by atoms with van der Waals surface area (Å²) in [4.78, 5) is 27.1. The van der Waals surface area contributed by atoms with Crippen molar-refractivity contribution in [1.29, 1.82) is 0 Å².